The van der Waals surface area contributed by atoms with Crippen molar-refractivity contribution in [2.45, 2.75) is 17.4 Å². The minimum Gasteiger partial charge on any atom is -0.279 e. The summed E-state index contributed by atoms with van der Waals surface area (Å²) in [7, 11) is -13.2. The van der Waals surface area contributed by atoms with E-state index in [4.69, 9.17) is 25.9 Å². The van der Waals surface area contributed by atoms with Gasteiger partial charge in [0.1, 0.15) is 0 Å². The summed E-state index contributed by atoms with van der Waals surface area (Å²) in [5.74, 6) is 0. The van der Waals surface area contributed by atoms with E-state index in [1.807, 2.05) is 0 Å². The van der Waals surface area contributed by atoms with Gasteiger partial charge in [-0.2, -0.15) is 43.2 Å². The molecule has 254 valence electrons. The summed E-state index contributed by atoms with van der Waals surface area (Å²) in [5.41, 5.74) is -11.1. The maximum absolute atomic E-state index is 10.7. The minimum absolute atomic E-state index is 0. The van der Waals surface area contributed by atoms with E-state index in [9.17, 15) is 26.3 Å². The van der Waals surface area contributed by atoms with Gasteiger partial charge in [-0.25, -0.2) is 0 Å². The largest absolute Gasteiger partial charge is 0.522 e. The molecule has 0 aromatic heterocycles. The number of alkyl halides is 6. The molecule has 0 aliphatic heterocycles. The molecule has 0 bridgehead atoms. The third-order valence-corrected chi connectivity index (χ3v) is 12.9. The molecular weight excluding hydrogens is 879 g/mol. The van der Waals surface area contributed by atoms with E-state index >= 15 is 0 Å². The van der Waals surface area contributed by atoms with Crippen molar-refractivity contribution in [1.82, 2.24) is 0 Å². The van der Waals surface area contributed by atoms with Crippen LogP contribution < -0.4 is 21.2 Å². The normalized spacial score (nSPS) is 11.9. The molecule has 2 N–H and O–H groups in total. The topological polar surface area (TPSA) is 109 Å². The third kappa shape index (κ3) is 14.3. The molecule has 6 nitrogen and oxygen atoms in total. The van der Waals surface area contributed by atoms with Gasteiger partial charge in [0.05, 0.1) is 49.4 Å². The summed E-state index contributed by atoms with van der Waals surface area (Å²) < 4.78 is 115. The van der Waals surface area contributed by atoms with Crippen LogP contribution in [0.5, 0.6) is 0 Å². The minimum atomic E-state index is -5.84. The maximum atomic E-state index is 10.7. The van der Waals surface area contributed by atoms with Gasteiger partial charge in [-0.3, -0.25) is 9.11 Å². The molecule has 0 saturated carbocycles. The molecule has 4 rings (SSSR count). The van der Waals surface area contributed by atoms with Gasteiger partial charge < -0.3 is 0 Å². The fourth-order valence-corrected chi connectivity index (χ4v) is 9.52. The molecule has 4 aromatic carbocycles. The van der Waals surface area contributed by atoms with E-state index in [1.54, 1.807) is 0 Å². The molecule has 4 aromatic rings. The van der Waals surface area contributed by atoms with Crippen LogP contribution >= 0.6 is 15.8 Å². The van der Waals surface area contributed by atoms with Crippen molar-refractivity contribution in [2.24, 2.45) is 0 Å². The SMILES string of the molecule is O=S(=O)(O)C(F)(F)F.O=S(=O)(O)C(F)(F)F.[Pt].c1ccc([PH+](CCC[PH+](c2ccccc2)c2ccccc2)c2ccccc2)cc1. The van der Waals surface area contributed by atoms with Gasteiger partial charge in [0.15, 0.2) is 0 Å². The van der Waals surface area contributed by atoms with E-state index in [1.165, 1.54) is 40.0 Å². The molecule has 0 aliphatic rings. The Morgan fingerprint density at radius 1 is 0.457 bits per heavy atom. The summed E-state index contributed by atoms with van der Waals surface area (Å²) in [4.78, 5) is 0. The fourth-order valence-electron chi connectivity index (χ4n) is 3.91. The zero-order chi connectivity index (χ0) is 33.7. The monoisotopic (exact) mass is 909 g/mol. The van der Waals surface area contributed by atoms with Crippen LogP contribution in [0.3, 0.4) is 0 Å². The molecule has 0 saturated heterocycles. The summed E-state index contributed by atoms with van der Waals surface area (Å²) >= 11 is 0. The van der Waals surface area contributed by atoms with Gasteiger partial charge in [-0.15, -0.1) is 0 Å². The van der Waals surface area contributed by atoms with Gasteiger partial charge in [-0.05, 0) is 48.5 Å². The zero-order valence-corrected chi connectivity index (χ0v) is 29.5. The van der Waals surface area contributed by atoms with Crippen LogP contribution in [0.15, 0.2) is 121 Å². The van der Waals surface area contributed by atoms with E-state index < -0.39 is 47.1 Å². The Morgan fingerprint density at radius 2 is 0.630 bits per heavy atom. The van der Waals surface area contributed by atoms with Crippen molar-refractivity contribution >= 4 is 57.3 Å². The Balaban J connectivity index is 0.000000518. The predicted octanol–water partition coefficient (Wildman–Crippen LogP) is 5.89. The first-order valence-electron chi connectivity index (χ1n) is 12.9. The van der Waals surface area contributed by atoms with Gasteiger partial charge in [-0.1, -0.05) is 72.8 Å². The van der Waals surface area contributed by atoms with Gasteiger partial charge >= 0.3 is 31.3 Å². The zero-order valence-electron chi connectivity index (χ0n) is 23.6. The quantitative estimate of drug-likeness (QED) is 0.0989. The predicted molar refractivity (Wildman–Crippen MR) is 170 cm³/mol. The molecule has 0 amide bonds. The second-order valence-corrected chi connectivity index (χ2v) is 17.2. The molecule has 0 fully saturated rings. The molecule has 0 atom stereocenters. The van der Waals surface area contributed by atoms with E-state index in [0.717, 1.165) is 0 Å². The first-order valence-corrected chi connectivity index (χ1v) is 19.2. The molecule has 0 radical (unpaired) electrons. The van der Waals surface area contributed by atoms with Crippen LogP contribution in [-0.2, 0) is 41.3 Å². The van der Waals surface area contributed by atoms with Crippen LogP contribution in [0.25, 0.3) is 0 Å². The van der Waals surface area contributed by atoms with Crippen molar-refractivity contribution in [3.8, 4) is 0 Å². The first kappa shape index (κ1) is 41.9. The number of benzene rings is 4. The van der Waals surface area contributed by atoms with Crippen LogP contribution in [0, 0.1) is 0 Å². The first-order chi connectivity index (χ1) is 20.9. The number of rotatable bonds is 8. The summed E-state index contributed by atoms with van der Waals surface area (Å²) in [6, 6.07) is 44.6. The van der Waals surface area contributed by atoms with Gasteiger partial charge in [0, 0.05) is 27.5 Å². The van der Waals surface area contributed by atoms with E-state index in [0.29, 0.717) is 0 Å². The molecule has 0 unspecified atom stereocenters. The van der Waals surface area contributed by atoms with Crippen LogP contribution in [0.4, 0.5) is 26.3 Å². The van der Waals surface area contributed by atoms with E-state index in [2.05, 4.69) is 121 Å². The third-order valence-electron chi connectivity index (χ3n) is 5.93. The van der Waals surface area contributed by atoms with Crippen molar-refractivity contribution in [3.63, 3.8) is 0 Å². The van der Waals surface area contributed by atoms with Crippen molar-refractivity contribution in [1.29, 1.82) is 0 Å². The van der Waals surface area contributed by atoms with Crippen LogP contribution in [0.2, 0.25) is 0 Å². The van der Waals surface area contributed by atoms with Gasteiger partial charge in [0.25, 0.3) is 0 Å². The summed E-state index contributed by atoms with van der Waals surface area (Å²) in [6.07, 6.45) is 3.84. The van der Waals surface area contributed by atoms with Crippen LogP contribution in [-0.4, -0.2) is 49.3 Å². The molecule has 46 heavy (non-hydrogen) atoms. The second kappa shape index (κ2) is 19.0. The molecule has 0 spiro atoms. The number of halogens is 6. The molecular formula is C29H30F6O6P2PtS2+2. The van der Waals surface area contributed by atoms with Crippen molar-refractivity contribution in [2.75, 3.05) is 12.3 Å². The standard InChI is InChI=1S/C27H26P2.2CHF3O3S.Pt/c1-5-14-24(15-6-1)28(25-16-7-2-8-17-25)22-13-23-29(26-18-9-3-10-19-26)27-20-11-4-12-21-27;2*2-1(3,4)8(5,6)7;/h1-12,14-21H,13,22-23H2;2*(H,5,6,7);/p+2. The Hall–Kier alpha value is -2.17. The maximum Gasteiger partial charge on any atom is 0.522 e. The molecule has 0 heterocycles. The summed E-state index contributed by atoms with van der Waals surface area (Å²) in [5, 5.41) is 6.10. The fraction of sp³-hybridized carbons (Fsp3) is 0.172. The van der Waals surface area contributed by atoms with Crippen molar-refractivity contribution in [3.05, 3.63) is 121 Å². The van der Waals surface area contributed by atoms with Crippen LogP contribution in [0.1, 0.15) is 6.42 Å². The molecule has 0 aliphatic carbocycles. The van der Waals surface area contributed by atoms with Gasteiger partial charge in [0.2, 0.25) is 0 Å². The number of hydrogen-bond acceptors (Lipinski definition) is 4. The molecule has 17 heteroatoms. The Morgan fingerprint density at radius 3 is 0.783 bits per heavy atom. The number of hydrogen-bond donors (Lipinski definition) is 2. The second-order valence-electron chi connectivity index (χ2n) is 9.12. The Kier molecular flexibility index (Phi) is 17.3. The average molecular weight is 910 g/mol. The van der Waals surface area contributed by atoms with E-state index in [-0.39, 0.29) is 21.1 Å². The Bertz CT molecular complexity index is 1450. The summed E-state index contributed by atoms with van der Waals surface area (Å²) in [6.45, 7) is 0. The smallest absolute Gasteiger partial charge is 0.279 e. The van der Waals surface area contributed by atoms with Crippen molar-refractivity contribution < 1.29 is 73.3 Å². The Labute approximate surface area is 280 Å². The average Bonchev–Trinajstić information content (AvgIpc) is 2.98.